The molecule has 1 aliphatic heterocycles. The molecule has 0 unspecified atom stereocenters. The number of hydrogen-bond donors (Lipinski definition) is 0. The van der Waals surface area contributed by atoms with Gasteiger partial charge in [0.15, 0.2) is 5.79 Å². The van der Waals surface area contributed by atoms with Gasteiger partial charge in [0.05, 0.1) is 43.2 Å². The van der Waals surface area contributed by atoms with Gasteiger partial charge in [0.25, 0.3) is 0 Å². The van der Waals surface area contributed by atoms with Crippen molar-refractivity contribution in [3.8, 4) is 0 Å². The van der Waals surface area contributed by atoms with Crippen molar-refractivity contribution >= 4 is 0 Å². The van der Waals surface area contributed by atoms with Crippen molar-refractivity contribution < 1.29 is 28.4 Å². The molecule has 6 heteroatoms. The first-order valence-corrected chi connectivity index (χ1v) is 13.9. The standard InChI is InChI=1S/C32H44O6/c1-29(2)28(37-30(3,4)38-29)27-25-17-32(36-22-33-6,18-26(25)35-20-24-15-11-8-12-16-24)31(27,5)21-34-19-23-13-9-7-10-14-23/h7-16,25-28H,17-22H2,1-6H3/t25-,26+,27+,28+,31+,32-/m1/s1. The van der Waals surface area contributed by atoms with Crippen LogP contribution in [0.1, 0.15) is 58.6 Å². The Balaban J connectivity index is 1.45. The first kappa shape index (κ1) is 27.8. The van der Waals surface area contributed by atoms with Gasteiger partial charge in [-0.3, -0.25) is 0 Å². The van der Waals surface area contributed by atoms with Crippen LogP contribution < -0.4 is 0 Å². The van der Waals surface area contributed by atoms with Crippen molar-refractivity contribution in [3.63, 3.8) is 0 Å². The highest BCUT2D eigenvalue weighted by atomic mass is 16.8. The van der Waals surface area contributed by atoms with Crippen LogP contribution >= 0.6 is 0 Å². The summed E-state index contributed by atoms with van der Waals surface area (Å²) in [5, 5.41) is 0. The van der Waals surface area contributed by atoms with Crippen LogP contribution in [-0.2, 0) is 41.6 Å². The van der Waals surface area contributed by atoms with Gasteiger partial charge in [-0.05, 0) is 51.2 Å². The first-order valence-electron chi connectivity index (χ1n) is 13.9. The van der Waals surface area contributed by atoms with E-state index in [4.69, 9.17) is 28.4 Å². The number of methoxy groups -OCH3 is 1. The van der Waals surface area contributed by atoms with Crippen LogP contribution in [0, 0.1) is 17.3 Å². The molecule has 2 aromatic carbocycles. The molecule has 2 aliphatic carbocycles. The molecule has 1 heterocycles. The monoisotopic (exact) mass is 524 g/mol. The average molecular weight is 525 g/mol. The fourth-order valence-corrected chi connectivity index (χ4v) is 7.50. The van der Waals surface area contributed by atoms with E-state index in [1.54, 1.807) is 7.11 Å². The van der Waals surface area contributed by atoms with E-state index >= 15 is 0 Å². The quantitative estimate of drug-likeness (QED) is 0.330. The normalized spacial score (nSPS) is 35.1. The lowest BCUT2D eigenvalue weighted by Crippen LogP contribution is -2.59. The second kappa shape index (κ2) is 10.6. The minimum absolute atomic E-state index is 0.0439. The Morgan fingerprint density at radius 1 is 0.842 bits per heavy atom. The summed E-state index contributed by atoms with van der Waals surface area (Å²) in [5.41, 5.74) is 1.08. The summed E-state index contributed by atoms with van der Waals surface area (Å²) >= 11 is 0. The summed E-state index contributed by atoms with van der Waals surface area (Å²) in [6.45, 7) is 12.5. The van der Waals surface area contributed by atoms with Gasteiger partial charge >= 0.3 is 0 Å². The number of rotatable bonds is 11. The highest BCUT2D eigenvalue weighted by Crippen LogP contribution is 2.67. The Kier molecular flexibility index (Phi) is 7.77. The van der Waals surface area contributed by atoms with Gasteiger partial charge in [0.1, 0.15) is 6.79 Å². The van der Waals surface area contributed by atoms with Crippen molar-refractivity contribution in [2.75, 3.05) is 20.5 Å². The number of hydrogen-bond acceptors (Lipinski definition) is 6. The maximum atomic E-state index is 6.70. The van der Waals surface area contributed by atoms with Crippen molar-refractivity contribution in [3.05, 3.63) is 71.8 Å². The number of fused-ring (bicyclic) bond motifs is 2. The van der Waals surface area contributed by atoms with Crippen LogP contribution in [-0.4, -0.2) is 49.7 Å². The minimum atomic E-state index is -0.664. The average Bonchev–Trinajstić information content (AvgIpc) is 3.44. The molecule has 0 aromatic heterocycles. The molecule has 2 saturated carbocycles. The smallest absolute Gasteiger partial charge is 0.164 e. The van der Waals surface area contributed by atoms with E-state index in [2.05, 4.69) is 57.2 Å². The molecular weight excluding hydrogens is 480 g/mol. The van der Waals surface area contributed by atoms with Crippen LogP contribution in [0.15, 0.2) is 60.7 Å². The van der Waals surface area contributed by atoms with Gasteiger partial charge in [-0.1, -0.05) is 67.6 Å². The van der Waals surface area contributed by atoms with E-state index in [1.807, 2.05) is 38.1 Å². The van der Waals surface area contributed by atoms with Crippen LogP contribution in [0.5, 0.6) is 0 Å². The second-order valence-corrected chi connectivity index (χ2v) is 12.5. The molecule has 5 rings (SSSR count). The zero-order valence-electron chi connectivity index (χ0n) is 23.8. The fraction of sp³-hybridized carbons (Fsp3) is 0.625. The molecule has 0 radical (unpaired) electrons. The van der Waals surface area contributed by atoms with Crippen LogP contribution in [0.3, 0.4) is 0 Å². The molecular formula is C32H44O6. The summed E-state index contributed by atoms with van der Waals surface area (Å²) in [6, 6.07) is 20.7. The topological polar surface area (TPSA) is 55.4 Å². The van der Waals surface area contributed by atoms with Crippen LogP contribution in [0.2, 0.25) is 0 Å². The van der Waals surface area contributed by atoms with E-state index in [1.165, 1.54) is 5.56 Å². The van der Waals surface area contributed by atoms with Crippen LogP contribution in [0.4, 0.5) is 0 Å². The van der Waals surface area contributed by atoms with Gasteiger partial charge in [-0.2, -0.15) is 0 Å². The van der Waals surface area contributed by atoms with Gasteiger partial charge in [0, 0.05) is 24.9 Å². The maximum absolute atomic E-state index is 6.70. The molecule has 3 fully saturated rings. The van der Waals surface area contributed by atoms with Crippen LogP contribution in [0.25, 0.3) is 0 Å². The van der Waals surface area contributed by atoms with Crippen molar-refractivity contribution in [2.24, 2.45) is 17.3 Å². The van der Waals surface area contributed by atoms with Gasteiger partial charge in [0.2, 0.25) is 0 Å². The lowest BCUT2D eigenvalue weighted by atomic mass is 9.61. The predicted octanol–water partition coefficient (Wildman–Crippen LogP) is 6.12. The second-order valence-electron chi connectivity index (χ2n) is 12.5. The summed E-state index contributed by atoms with van der Waals surface area (Å²) in [7, 11) is 1.68. The van der Waals surface area contributed by atoms with E-state index in [-0.39, 0.29) is 36.3 Å². The third kappa shape index (κ3) is 5.19. The lowest BCUT2D eigenvalue weighted by Gasteiger charge is -2.52. The molecule has 208 valence electrons. The Hall–Kier alpha value is -1.80. The summed E-state index contributed by atoms with van der Waals surface area (Å²) in [6.07, 6.45) is 1.58. The predicted molar refractivity (Wildman–Crippen MR) is 145 cm³/mol. The van der Waals surface area contributed by atoms with E-state index in [0.29, 0.717) is 19.8 Å². The van der Waals surface area contributed by atoms with Gasteiger partial charge < -0.3 is 28.4 Å². The molecule has 3 aliphatic rings. The number of ether oxygens (including phenoxy) is 6. The third-order valence-electron chi connectivity index (χ3n) is 9.02. The van der Waals surface area contributed by atoms with E-state index < -0.39 is 17.0 Å². The van der Waals surface area contributed by atoms with Crippen molar-refractivity contribution in [1.82, 2.24) is 0 Å². The van der Waals surface area contributed by atoms with E-state index in [0.717, 1.165) is 18.4 Å². The first-order chi connectivity index (χ1) is 18.1. The Morgan fingerprint density at radius 3 is 2.05 bits per heavy atom. The number of benzene rings is 2. The Bertz CT molecular complexity index is 1060. The molecule has 2 bridgehead atoms. The minimum Gasteiger partial charge on any atom is -0.376 e. The molecule has 0 N–H and O–H groups in total. The molecule has 0 spiro atoms. The highest BCUT2D eigenvalue weighted by molar-refractivity contribution is 5.22. The van der Waals surface area contributed by atoms with Crippen molar-refractivity contribution in [1.29, 1.82) is 0 Å². The van der Waals surface area contributed by atoms with Gasteiger partial charge in [-0.25, -0.2) is 0 Å². The zero-order valence-corrected chi connectivity index (χ0v) is 23.8. The summed E-state index contributed by atoms with van der Waals surface area (Å²) in [4.78, 5) is 0. The fourth-order valence-electron chi connectivity index (χ4n) is 7.50. The Morgan fingerprint density at radius 2 is 1.47 bits per heavy atom. The zero-order chi connectivity index (χ0) is 27.0. The summed E-state index contributed by atoms with van der Waals surface area (Å²) in [5.74, 6) is -0.313. The molecule has 6 nitrogen and oxygen atoms in total. The molecule has 6 atom stereocenters. The molecule has 2 aromatic rings. The molecule has 38 heavy (non-hydrogen) atoms. The Labute approximate surface area is 227 Å². The highest BCUT2D eigenvalue weighted by Gasteiger charge is 2.73. The third-order valence-corrected chi connectivity index (χ3v) is 9.02. The van der Waals surface area contributed by atoms with E-state index in [9.17, 15) is 0 Å². The van der Waals surface area contributed by atoms with Crippen molar-refractivity contribution in [2.45, 2.75) is 89.9 Å². The summed E-state index contributed by atoms with van der Waals surface area (Å²) < 4.78 is 38.4. The lowest BCUT2D eigenvalue weighted by molar-refractivity contribution is -0.230. The molecule has 1 saturated heterocycles. The molecule has 0 amide bonds. The largest absolute Gasteiger partial charge is 0.376 e. The maximum Gasteiger partial charge on any atom is 0.164 e. The SMILES string of the molecule is COCO[C@@]12C[C@@H]([C@@H]([C@@H]3OC(C)(C)OC3(C)C)[C@]1(C)COCc1ccccc1)[C@@H](OCc1ccccc1)C2. The van der Waals surface area contributed by atoms with Gasteiger partial charge in [-0.15, -0.1) is 0 Å².